The van der Waals surface area contributed by atoms with Crippen molar-refractivity contribution < 1.29 is 9.59 Å². The van der Waals surface area contributed by atoms with Crippen molar-refractivity contribution in [2.24, 2.45) is 0 Å². The first-order chi connectivity index (χ1) is 14.0. The summed E-state index contributed by atoms with van der Waals surface area (Å²) in [6.07, 6.45) is 5.13. The zero-order chi connectivity index (χ0) is 20.4. The van der Waals surface area contributed by atoms with Crippen LogP contribution in [-0.4, -0.2) is 45.6 Å². The minimum Gasteiger partial charge on any atom is -0.357 e. The second-order valence-electron chi connectivity index (χ2n) is 7.50. The van der Waals surface area contributed by atoms with Crippen molar-refractivity contribution >= 4 is 51.5 Å². The van der Waals surface area contributed by atoms with Crippen molar-refractivity contribution in [3.63, 3.8) is 0 Å². The largest absolute Gasteiger partial charge is 0.357 e. The van der Waals surface area contributed by atoms with E-state index in [9.17, 15) is 9.59 Å². The van der Waals surface area contributed by atoms with Crippen molar-refractivity contribution in [2.45, 2.75) is 54.4 Å². The lowest BCUT2D eigenvalue weighted by atomic mass is 9.74. The van der Waals surface area contributed by atoms with Crippen molar-refractivity contribution in [1.29, 1.82) is 0 Å². The summed E-state index contributed by atoms with van der Waals surface area (Å²) in [7, 11) is 1.72. The van der Waals surface area contributed by atoms with Crippen molar-refractivity contribution in [3.05, 3.63) is 34.9 Å². The third-order valence-electron chi connectivity index (χ3n) is 5.55. The molecular formula is C20H23ClN4O2S2. The van der Waals surface area contributed by atoms with Gasteiger partial charge in [0.15, 0.2) is 10.1 Å². The molecule has 0 spiro atoms. The lowest BCUT2D eigenvalue weighted by Crippen LogP contribution is -2.54. The fourth-order valence-corrected chi connectivity index (χ4v) is 5.83. The molecule has 9 heteroatoms. The quantitative estimate of drug-likeness (QED) is 0.632. The molecule has 1 amide bonds. The van der Waals surface area contributed by atoms with Gasteiger partial charge in [0.1, 0.15) is 5.54 Å². The zero-order valence-corrected chi connectivity index (χ0v) is 18.6. The molecule has 6 nitrogen and oxygen atoms in total. The van der Waals surface area contributed by atoms with Crippen LogP contribution in [0.15, 0.2) is 28.6 Å². The van der Waals surface area contributed by atoms with Gasteiger partial charge < -0.3 is 10.2 Å². The minimum absolute atomic E-state index is 0.0598. The maximum Gasteiger partial charge on any atom is 0.233 e. The summed E-state index contributed by atoms with van der Waals surface area (Å²) < 4.78 is 0.747. The van der Waals surface area contributed by atoms with Gasteiger partial charge in [-0.25, -0.2) is 0 Å². The van der Waals surface area contributed by atoms with E-state index in [0.717, 1.165) is 27.9 Å². The molecule has 2 fully saturated rings. The van der Waals surface area contributed by atoms with Gasteiger partial charge in [-0.15, -0.1) is 10.2 Å². The fraction of sp³-hybridized carbons (Fsp3) is 0.500. The monoisotopic (exact) mass is 450 g/mol. The summed E-state index contributed by atoms with van der Waals surface area (Å²) in [6, 6.07) is 7.87. The normalized spacial score (nSPS) is 21.8. The Labute approximate surface area is 183 Å². The second-order valence-corrected chi connectivity index (χ2v) is 10.1. The third-order valence-corrected chi connectivity index (χ3v) is 7.85. The lowest BCUT2D eigenvalue weighted by Gasteiger charge is -2.44. The van der Waals surface area contributed by atoms with Crippen LogP contribution in [0.1, 0.15) is 44.1 Å². The topological polar surface area (TPSA) is 75.2 Å². The molecule has 0 unspecified atom stereocenters. The summed E-state index contributed by atoms with van der Waals surface area (Å²) in [5, 5.41) is 12.9. The molecule has 0 bridgehead atoms. The van der Waals surface area contributed by atoms with Gasteiger partial charge in [0.05, 0.1) is 5.75 Å². The molecule has 1 aromatic heterocycles. The molecule has 4 rings (SSSR count). The molecule has 0 saturated heterocycles. The standard InChI is InChI=1S/C20H23ClN4O2S2/c1-25(17(27)12-28-19-24-23-18(29-19)22-13-9-10-13)20(11-5-4-8-16(20)26)14-6-2-3-7-15(14)21/h2-3,6-7,13H,4-5,8-12H2,1H3,(H,22,23)/t20-/m0/s1. The molecule has 0 radical (unpaired) electrons. The number of nitrogens with zero attached hydrogens (tertiary/aromatic N) is 3. The molecule has 1 N–H and O–H groups in total. The summed E-state index contributed by atoms with van der Waals surface area (Å²) in [6.45, 7) is 0. The van der Waals surface area contributed by atoms with E-state index < -0.39 is 5.54 Å². The number of likely N-dealkylation sites (N-methyl/N-ethyl adjacent to an activating group) is 1. The SMILES string of the molecule is CN(C(=O)CSc1nnc(NC2CC2)s1)[C@]1(c2ccccc2Cl)CCCCC1=O. The summed E-state index contributed by atoms with van der Waals surface area (Å²) >= 11 is 9.28. The Bertz CT molecular complexity index is 917. The number of halogens is 1. The maximum absolute atomic E-state index is 13.1. The van der Waals surface area contributed by atoms with Gasteiger partial charge in [-0.05, 0) is 38.2 Å². The molecule has 1 aromatic carbocycles. The van der Waals surface area contributed by atoms with Crippen molar-refractivity contribution in [2.75, 3.05) is 18.1 Å². The number of hydrogen-bond acceptors (Lipinski definition) is 7. The maximum atomic E-state index is 13.1. The van der Waals surface area contributed by atoms with Gasteiger partial charge >= 0.3 is 0 Å². The van der Waals surface area contributed by atoms with Gasteiger partial charge in [-0.2, -0.15) is 0 Å². The highest BCUT2D eigenvalue weighted by atomic mass is 35.5. The average molecular weight is 451 g/mol. The van der Waals surface area contributed by atoms with Crippen LogP contribution >= 0.6 is 34.7 Å². The lowest BCUT2D eigenvalue weighted by molar-refractivity contribution is -0.146. The van der Waals surface area contributed by atoms with Crippen LogP contribution in [0.2, 0.25) is 5.02 Å². The third kappa shape index (κ3) is 4.29. The number of ketones is 1. The molecule has 0 aliphatic heterocycles. The molecule has 2 aromatic rings. The molecule has 2 aliphatic carbocycles. The number of Topliss-reactive ketones (excluding diaryl/α,β-unsaturated/α-hetero) is 1. The number of anilines is 1. The van der Waals surface area contributed by atoms with Gasteiger partial charge in [0.25, 0.3) is 0 Å². The predicted molar refractivity (Wildman–Crippen MR) is 117 cm³/mol. The number of carbonyl (C=O) groups excluding carboxylic acids is 2. The Kier molecular flexibility index (Phi) is 6.13. The van der Waals surface area contributed by atoms with Gasteiger partial charge in [-0.3, -0.25) is 9.59 Å². The number of amides is 1. The molecule has 1 atom stereocenters. The highest BCUT2D eigenvalue weighted by Gasteiger charge is 2.47. The minimum atomic E-state index is -0.992. The number of nitrogens with one attached hydrogen (secondary N) is 1. The van der Waals surface area contributed by atoms with E-state index in [4.69, 9.17) is 11.6 Å². The average Bonchev–Trinajstić information content (AvgIpc) is 3.42. The Hall–Kier alpha value is -1.64. The van der Waals surface area contributed by atoms with E-state index in [1.54, 1.807) is 18.0 Å². The van der Waals surface area contributed by atoms with Gasteiger partial charge in [-0.1, -0.05) is 52.9 Å². The zero-order valence-electron chi connectivity index (χ0n) is 16.2. The molecular weight excluding hydrogens is 428 g/mol. The van der Waals surface area contributed by atoms with Crippen LogP contribution < -0.4 is 5.32 Å². The number of hydrogen-bond donors (Lipinski definition) is 1. The fourth-order valence-electron chi connectivity index (χ4n) is 3.79. The smallest absolute Gasteiger partial charge is 0.233 e. The Morgan fingerprint density at radius 2 is 2.14 bits per heavy atom. The van der Waals surface area contributed by atoms with E-state index in [2.05, 4.69) is 15.5 Å². The summed E-state index contributed by atoms with van der Waals surface area (Å²) in [4.78, 5) is 27.8. The van der Waals surface area contributed by atoms with Crippen LogP contribution in [0.5, 0.6) is 0 Å². The Morgan fingerprint density at radius 3 is 2.86 bits per heavy atom. The Morgan fingerprint density at radius 1 is 1.34 bits per heavy atom. The van der Waals surface area contributed by atoms with Crippen LogP contribution in [0, 0.1) is 0 Å². The van der Waals surface area contributed by atoms with Crippen molar-refractivity contribution in [1.82, 2.24) is 15.1 Å². The molecule has 154 valence electrons. The number of thioether (sulfide) groups is 1. The molecule has 29 heavy (non-hydrogen) atoms. The van der Waals surface area contributed by atoms with E-state index in [1.807, 2.05) is 18.2 Å². The van der Waals surface area contributed by atoms with Crippen molar-refractivity contribution in [3.8, 4) is 0 Å². The molecule has 2 aliphatic rings. The van der Waals surface area contributed by atoms with E-state index in [1.165, 1.54) is 35.9 Å². The summed E-state index contributed by atoms with van der Waals surface area (Å²) in [5.41, 5.74) is -0.271. The first-order valence-electron chi connectivity index (χ1n) is 9.78. The van der Waals surface area contributed by atoms with Gasteiger partial charge in [0.2, 0.25) is 11.0 Å². The molecule has 1 heterocycles. The molecule has 2 saturated carbocycles. The number of aromatic nitrogens is 2. The second kappa shape index (κ2) is 8.62. The van der Waals surface area contributed by atoms with E-state index in [-0.39, 0.29) is 17.4 Å². The first-order valence-corrected chi connectivity index (χ1v) is 12.0. The van der Waals surface area contributed by atoms with Crippen LogP contribution in [-0.2, 0) is 15.1 Å². The number of rotatable bonds is 7. The Balaban J connectivity index is 1.50. The first kappa shape index (κ1) is 20.6. The van der Waals surface area contributed by atoms with Crippen LogP contribution in [0.3, 0.4) is 0 Å². The highest BCUT2D eigenvalue weighted by Crippen LogP contribution is 2.42. The number of carbonyl (C=O) groups is 2. The van der Waals surface area contributed by atoms with E-state index >= 15 is 0 Å². The van der Waals surface area contributed by atoms with Gasteiger partial charge in [0, 0.05) is 30.1 Å². The highest BCUT2D eigenvalue weighted by molar-refractivity contribution is 8.01. The van der Waals surface area contributed by atoms with Crippen LogP contribution in [0.25, 0.3) is 0 Å². The number of benzene rings is 1. The van der Waals surface area contributed by atoms with Crippen LogP contribution in [0.4, 0.5) is 5.13 Å². The predicted octanol–water partition coefficient (Wildman–Crippen LogP) is 4.35. The summed E-state index contributed by atoms with van der Waals surface area (Å²) in [5.74, 6) is 0.148. The van der Waals surface area contributed by atoms with E-state index in [0.29, 0.717) is 23.9 Å².